The number of carbonyl (C=O) groups excluding carboxylic acids is 2. The molecule has 33 heavy (non-hydrogen) atoms. The highest BCUT2D eigenvalue weighted by Gasteiger charge is 2.33. The van der Waals surface area contributed by atoms with Crippen LogP contribution in [0.25, 0.3) is 0 Å². The van der Waals surface area contributed by atoms with Gasteiger partial charge in [0.1, 0.15) is 5.75 Å². The summed E-state index contributed by atoms with van der Waals surface area (Å²) in [6, 6.07) is 9.80. The first-order chi connectivity index (χ1) is 15.6. The lowest BCUT2D eigenvalue weighted by atomic mass is 9.98. The third kappa shape index (κ3) is 6.04. The molecule has 1 aliphatic rings. The van der Waals surface area contributed by atoms with Crippen LogP contribution < -0.4 is 10.1 Å². The molecule has 0 atom stereocenters. The highest BCUT2D eigenvalue weighted by atomic mass is 35.5. The van der Waals surface area contributed by atoms with Crippen molar-refractivity contribution in [2.75, 3.05) is 32.1 Å². The lowest BCUT2D eigenvalue weighted by Crippen LogP contribution is -2.40. The molecule has 1 aliphatic heterocycles. The number of rotatable bonds is 7. The lowest BCUT2D eigenvalue weighted by molar-refractivity contribution is -0.152. The summed E-state index contributed by atoms with van der Waals surface area (Å²) in [4.78, 5) is 24.8. The maximum absolute atomic E-state index is 12.8. The van der Waals surface area contributed by atoms with Crippen LogP contribution in [0.2, 0.25) is 5.02 Å². The van der Waals surface area contributed by atoms with E-state index in [0.29, 0.717) is 29.3 Å². The number of carbonyl (C=O) groups is 2. The van der Waals surface area contributed by atoms with Gasteiger partial charge in [0.05, 0.1) is 28.6 Å². The van der Waals surface area contributed by atoms with Crippen LogP contribution in [0.15, 0.2) is 41.3 Å². The fraction of sp³-hybridized carbons (Fsp3) is 0.391. The molecule has 1 saturated heterocycles. The summed E-state index contributed by atoms with van der Waals surface area (Å²) in [5.74, 6) is -0.904. The Labute approximate surface area is 198 Å². The first-order valence-corrected chi connectivity index (χ1v) is 12.3. The van der Waals surface area contributed by atoms with Crippen LogP contribution >= 0.6 is 11.6 Å². The van der Waals surface area contributed by atoms with Crippen molar-refractivity contribution in [3.05, 3.63) is 52.5 Å². The van der Waals surface area contributed by atoms with Crippen molar-refractivity contribution in [1.82, 2.24) is 4.31 Å². The molecule has 1 heterocycles. The first-order valence-electron chi connectivity index (χ1n) is 10.5. The number of amides is 1. The summed E-state index contributed by atoms with van der Waals surface area (Å²) in [6.07, 6.45) is 0.636. The van der Waals surface area contributed by atoms with Gasteiger partial charge in [0.2, 0.25) is 10.0 Å². The van der Waals surface area contributed by atoms with Crippen molar-refractivity contribution in [3.8, 4) is 5.75 Å². The molecular weight excluding hydrogens is 468 g/mol. The predicted octanol–water partition coefficient (Wildman–Crippen LogP) is 3.55. The van der Waals surface area contributed by atoms with Gasteiger partial charge in [-0.05, 0) is 68.1 Å². The minimum Gasteiger partial charge on any atom is -0.497 e. The Morgan fingerprint density at radius 1 is 1.12 bits per heavy atom. The molecule has 0 aliphatic carbocycles. The summed E-state index contributed by atoms with van der Waals surface area (Å²) in [5.41, 5.74) is 2.27. The van der Waals surface area contributed by atoms with Crippen LogP contribution in [0.1, 0.15) is 24.0 Å². The van der Waals surface area contributed by atoms with E-state index in [2.05, 4.69) is 5.32 Å². The molecule has 0 saturated carbocycles. The number of hydrogen-bond donors (Lipinski definition) is 1. The Morgan fingerprint density at radius 3 is 2.33 bits per heavy atom. The van der Waals surface area contributed by atoms with Gasteiger partial charge in [-0.15, -0.1) is 0 Å². The van der Waals surface area contributed by atoms with Crippen LogP contribution in [0.5, 0.6) is 5.75 Å². The van der Waals surface area contributed by atoms with Gasteiger partial charge in [0.15, 0.2) is 6.61 Å². The number of sulfonamides is 1. The number of halogens is 1. The third-order valence-electron chi connectivity index (χ3n) is 5.53. The number of benzene rings is 2. The summed E-state index contributed by atoms with van der Waals surface area (Å²) < 4.78 is 37.3. The summed E-state index contributed by atoms with van der Waals surface area (Å²) in [7, 11) is -2.15. The molecule has 2 aromatic rings. The lowest BCUT2D eigenvalue weighted by Gasteiger charge is -2.30. The maximum Gasteiger partial charge on any atom is 0.309 e. The molecule has 1 amide bonds. The van der Waals surface area contributed by atoms with Crippen LogP contribution in [-0.2, 0) is 24.3 Å². The van der Waals surface area contributed by atoms with Crippen LogP contribution in [0, 0.1) is 19.8 Å². The van der Waals surface area contributed by atoms with E-state index in [1.807, 2.05) is 19.9 Å². The van der Waals surface area contributed by atoms with E-state index >= 15 is 0 Å². The van der Waals surface area contributed by atoms with Crippen LogP contribution in [0.4, 0.5) is 5.69 Å². The van der Waals surface area contributed by atoms with E-state index in [-0.39, 0.29) is 18.0 Å². The standard InChI is InChI=1S/C23H27ClN2O6S/c1-15-12-16(2)22(20(24)13-15)25-21(27)14-32-23(28)17-8-10-26(11-9-17)33(29,30)19-6-4-18(31-3)5-7-19/h4-7,12-13,17H,8-11,14H2,1-3H3,(H,25,27). The molecule has 1 fully saturated rings. The molecule has 2 aromatic carbocycles. The highest BCUT2D eigenvalue weighted by molar-refractivity contribution is 7.89. The van der Waals surface area contributed by atoms with Gasteiger partial charge in [0.25, 0.3) is 5.91 Å². The molecule has 8 nitrogen and oxygen atoms in total. The van der Waals surface area contributed by atoms with Gasteiger partial charge in [0, 0.05) is 13.1 Å². The molecular formula is C23H27ClN2O6S. The van der Waals surface area contributed by atoms with Crippen molar-refractivity contribution in [3.63, 3.8) is 0 Å². The Hall–Kier alpha value is -2.62. The summed E-state index contributed by atoms with van der Waals surface area (Å²) >= 11 is 6.19. The smallest absolute Gasteiger partial charge is 0.309 e. The predicted molar refractivity (Wildman–Crippen MR) is 125 cm³/mol. The van der Waals surface area contributed by atoms with E-state index in [1.165, 1.54) is 23.5 Å². The second-order valence-corrected chi connectivity index (χ2v) is 10.3. The second kappa shape index (κ2) is 10.5. The number of nitrogens with zero attached hydrogens (tertiary/aromatic N) is 1. The second-order valence-electron chi connectivity index (χ2n) is 7.95. The Morgan fingerprint density at radius 2 is 1.76 bits per heavy atom. The van der Waals surface area contributed by atoms with Crippen LogP contribution in [-0.4, -0.2) is 51.4 Å². The fourth-order valence-electron chi connectivity index (χ4n) is 3.73. The number of piperidine rings is 1. The minimum atomic E-state index is -3.66. The zero-order valence-corrected chi connectivity index (χ0v) is 20.3. The zero-order chi connectivity index (χ0) is 24.2. The van der Waals surface area contributed by atoms with E-state index in [9.17, 15) is 18.0 Å². The molecule has 0 spiro atoms. The summed E-state index contributed by atoms with van der Waals surface area (Å²) in [5, 5.41) is 3.09. The number of nitrogens with one attached hydrogen (secondary N) is 1. The topological polar surface area (TPSA) is 102 Å². The van der Waals surface area contributed by atoms with Gasteiger partial charge in [-0.2, -0.15) is 4.31 Å². The van der Waals surface area contributed by atoms with Gasteiger partial charge in [-0.25, -0.2) is 8.42 Å². The fourth-order valence-corrected chi connectivity index (χ4v) is 5.57. The quantitative estimate of drug-likeness (QED) is 0.590. The van der Waals surface area contributed by atoms with Crippen molar-refractivity contribution >= 4 is 39.2 Å². The zero-order valence-electron chi connectivity index (χ0n) is 18.8. The van der Waals surface area contributed by atoms with Gasteiger partial charge in [-0.3, -0.25) is 9.59 Å². The molecule has 0 unspecified atom stereocenters. The Balaban J connectivity index is 1.50. The Kier molecular flexibility index (Phi) is 7.99. The normalized spacial score (nSPS) is 15.2. The molecule has 0 radical (unpaired) electrons. The van der Waals surface area contributed by atoms with Gasteiger partial charge >= 0.3 is 5.97 Å². The number of methoxy groups -OCH3 is 1. The average Bonchev–Trinajstić information content (AvgIpc) is 2.80. The number of hydrogen-bond acceptors (Lipinski definition) is 6. The molecule has 178 valence electrons. The van der Waals surface area contributed by atoms with Gasteiger partial charge < -0.3 is 14.8 Å². The number of anilines is 1. The van der Waals surface area contributed by atoms with Crippen molar-refractivity contribution in [2.24, 2.45) is 5.92 Å². The van der Waals surface area contributed by atoms with E-state index in [4.69, 9.17) is 21.1 Å². The highest BCUT2D eigenvalue weighted by Crippen LogP contribution is 2.28. The van der Waals surface area contributed by atoms with E-state index in [1.54, 1.807) is 18.2 Å². The van der Waals surface area contributed by atoms with Crippen molar-refractivity contribution in [1.29, 1.82) is 0 Å². The molecule has 1 N–H and O–H groups in total. The molecule has 10 heteroatoms. The first kappa shape index (κ1) is 25.0. The minimum absolute atomic E-state index is 0.172. The SMILES string of the molecule is COc1ccc(S(=O)(=O)N2CCC(C(=O)OCC(=O)Nc3c(C)cc(C)cc3Cl)CC2)cc1. The maximum atomic E-state index is 12.8. The van der Waals surface area contributed by atoms with E-state index in [0.717, 1.165) is 11.1 Å². The van der Waals surface area contributed by atoms with E-state index < -0.39 is 34.4 Å². The number of ether oxygens (including phenoxy) is 2. The average molecular weight is 495 g/mol. The monoisotopic (exact) mass is 494 g/mol. The molecule has 0 bridgehead atoms. The molecule has 3 rings (SSSR count). The Bertz CT molecular complexity index is 1100. The number of aryl methyl sites for hydroxylation is 2. The number of esters is 1. The molecule has 0 aromatic heterocycles. The van der Waals surface area contributed by atoms with Crippen LogP contribution in [0.3, 0.4) is 0 Å². The summed E-state index contributed by atoms with van der Waals surface area (Å²) in [6.45, 7) is 3.68. The largest absolute Gasteiger partial charge is 0.497 e. The third-order valence-corrected chi connectivity index (χ3v) is 7.74. The van der Waals surface area contributed by atoms with Gasteiger partial charge in [-0.1, -0.05) is 17.7 Å². The van der Waals surface area contributed by atoms with Crippen molar-refractivity contribution in [2.45, 2.75) is 31.6 Å². The van der Waals surface area contributed by atoms with Crippen molar-refractivity contribution < 1.29 is 27.5 Å².